The number of imidazole rings is 1. The zero-order valence-electron chi connectivity index (χ0n) is 19.2. The maximum Gasteiger partial charge on any atom is 0.274 e. The summed E-state index contributed by atoms with van der Waals surface area (Å²) in [5.74, 6) is -0.711. The van der Waals surface area contributed by atoms with E-state index in [4.69, 9.17) is 0 Å². The maximum absolute atomic E-state index is 14.9. The second-order valence-electron chi connectivity index (χ2n) is 8.61. The Morgan fingerprint density at radius 2 is 1.86 bits per heavy atom. The predicted octanol–water partition coefficient (Wildman–Crippen LogP) is 3.01. The summed E-state index contributed by atoms with van der Waals surface area (Å²) in [6.07, 6.45) is 3.09. The van der Waals surface area contributed by atoms with Crippen molar-refractivity contribution in [2.45, 2.75) is 32.9 Å². The lowest BCUT2D eigenvalue weighted by Crippen LogP contribution is -2.53. The molecule has 1 saturated heterocycles. The monoisotopic (exact) mass is 480 g/mol. The minimum absolute atomic E-state index is 0.0229. The van der Waals surface area contributed by atoms with Gasteiger partial charge in [0, 0.05) is 24.7 Å². The standard InChI is InChI=1S/C23H22F2N8O2/c1-11(2)33-12(3)29-21-15(24)4-13(5-18(21)33)20-16(25)6-28-23(31-20)30-19-8-26-17(7-27-19)22(35)32-9-14(34)10-32/h4-8,11,14,34H,9-10H2,1-3H3,(H,27,28,30,31). The Bertz CT molecular complexity index is 1430. The van der Waals surface area contributed by atoms with Crippen LogP contribution in [0, 0.1) is 18.6 Å². The van der Waals surface area contributed by atoms with E-state index in [-0.39, 0.29) is 59.3 Å². The number of rotatable bonds is 5. The minimum atomic E-state index is -0.717. The van der Waals surface area contributed by atoms with E-state index in [1.54, 1.807) is 13.0 Å². The number of nitrogens with one attached hydrogen (secondary N) is 1. The van der Waals surface area contributed by atoms with Crippen molar-refractivity contribution < 1.29 is 18.7 Å². The number of amides is 1. The summed E-state index contributed by atoms with van der Waals surface area (Å²) in [7, 11) is 0. The predicted molar refractivity (Wildman–Crippen MR) is 123 cm³/mol. The highest BCUT2D eigenvalue weighted by atomic mass is 19.1. The Kier molecular flexibility index (Phi) is 5.59. The fourth-order valence-electron chi connectivity index (χ4n) is 4.09. The van der Waals surface area contributed by atoms with Crippen LogP contribution in [0.2, 0.25) is 0 Å². The van der Waals surface area contributed by atoms with Crippen LogP contribution in [0.4, 0.5) is 20.5 Å². The number of hydrogen-bond acceptors (Lipinski definition) is 8. The van der Waals surface area contributed by atoms with Crippen molar-refractivity contribution >= 4 is 28.7 Å². The van der Waals surface area contributed by atoms with Gasteiger partial charge in [0.2, 0.25) is 5.95 Å². The third kappa shape index (κ3) is 4.16. The first-order chi connectivity index (χ1) is 16.7. The molecule has 1 aliphatic heterocycles. The normalized spacial score (nSPS) is 14.0. The Morgan fingerprint density at radius 3 is 2.51 bits per heavy atom. The molecule has 1 aromatic carbocycles. The number of carbonyl (C=O) groups excluding carboxylic acids is 1. The number of likely N-dealkylation sites (tertiary alicyclic amines) is 1. The summed E-state index contributed by atoms with van der Waals surface area (Å²) in [6, 6.07) is 2.88. The van der Waals surface area contributed by atoms with Crippen LogP contribution in [0.15, 0.2) is 30.7 Å². The molecule has 0 aliphatic carbocycles. The molecule has 0 atom stereocenters. The summed E-state index contributed by atoms with van der Waals surface area (Å²) in [4.78, 5) is 34.4. The Hall–Kier alpha value is -4.06. The highest BCUT2D eigenvalue weighted by molar-refractivity contribution is 5.92. The number of β-amino-alcohol motifs (C(OH)–C–C–N with tert-alkyl or cyclic N) is 1. The molecule has 1 amide bonds. The summed E-state index contributed by atoms with van der Waals surface area (Å²) < 4.78 is 31.4. The number of aryl methyl sites for hydroxylation is 1. The molecule has 3 aromatic heterocycles. The molecule has 2 N–H and O–H groups in total. The second-order valence-corrected chi connectivity index (χ2v) is 8.61. The number of benzene rings is 1. The Morgan fingerprint density at radius 1 is 1.09 bits per heavy atom. The van der Waals surface area contributed by atoms with Gasteiger partial charge in [0.15, 0.2) is 17.5 Å². The Labute approximate surface area is 198 Å². The number of halogens is 2. The highest BCUT2D eigenvalue weighted by Gasteiger charge is 2.30. The molecule has 0 bridgehead atoms. The van der Waals surface area contributed by atoms with Crippen LogP contribution < -0.4 is 5.32 Å². The third-order valence-electron chi connectivity index (χ3n) is 5.72. The van der Waals surface area contributed by atoms with Crippen LogP contribution in [0.5, 0.6) is 0 Å². The Balaban J connectivity index is 1.43. The first-order valence-corrected chi connectivity index (χ1v) is 11.0. The van der Waals surface area contributed by atoms with Gasteiger partial charge in [-0.05, 0) is 32.9 Å². The molecule has 0 saturated carbocycles. The van der Waals surface area contributed by atoms with Crippen molar-refractivity contribution in [2.75, 3.05) is 18.4 Å². The van der Waals surface area contributed by atoms with Gasteiger partial charge in [-0.15, -0.1) is 0 Å². The molecule has 4 heterocycles. The van der Waals surface area contributed by atoms with E-state index in [1.165, 1.54) is 23.4 Å². The zero-order valence-corrected chi connectivity index (χ0v) is 19.2. The van der Waals surface area contributed by atoms with Crippen LogP contribution >= 0.6 is 0 Å². The first-order valence-electron chi connectivity index (χ1n) is 11.0. The largest absolute Gasteiger partial charge is 0.389 e. The van der Waals surface area contributed by atoms with Crippen molar-refractivity contribution in [1.82, 2.24) is 34.4 Å². The van der Waals surface area contributed by atoms with Gasteiger partial charge in [0.1, 0.15) is 22.7 Å². The fraction of sp³-hybridized carbons (Fsp3) is 0.304. The molecule has 35 heavy (non-hydrogen) atoms. The van der Waals surface area contributed by atoms with Crippen LogP contribution in [0.25, 0.3) is 22.3 Å². The number of hydrogen-bond donors (Lipinski definition) is 2. The number of aliphatic hydroxyl groups is 1. The van der Waals surface area contributed by atoms with E-state index in [0.717, 1.165) is 6.20 Å². The number of aromatic nitrogens is 6. The molecule has 0 spiro atoms. The lowest BCUT2D eigenvalue weighted by molar-refractivity contribution is 0.00547. The van der Waals surface area contributed by atoms with Crippen molar-refractivity contribution in [3.05, 3.63) is 53.9 Å². The summed E-state index contributed by atoms with van der Waals surface area (Å²) in [5, 5.41) is 12.2. The zero-order chi connectivity index (χ0) is 24.9. The van der Waals surface area contributed by atoms with Gasteiger partial charge in [-0.3, -0.25) is 4.79 Å². The molecule has 5 rings (SSSR count). The third-order valence-corrected chi connectivity index (χ3v) is 5.72. The fourth-order valence-corrected chi connectivity index (χ4v) is 4.09. The summed E-state index contributed by atoms with van der Waals surface area (Å²) >= 11 is 0. The molecule has 12 heteroatoms. The SMILES string of the molecule is Cc1nc2c(F)cc(-c3nc(Nc4cnc(C(=O)N5CC(O)C5)cn4)ncc3F)cc2n1C(C)C. The van der Waals surface area contributed by atoms with Crippen molar-refractivity contribution in [2.24, 2.45) is 0 Å². The molecular weight excluding hydrogens is 458 g/mol. The van der Waals surface area contributed by atoms with E-state index in [1.807, 2.05) is 18.4 Å². The van der Waals surface area contributed by atoms with Gasteiger partial charge in [-0.2, -0.15) is 0 Å². The molecular formula is C23H22F2N8O2. The lowest BCUT2D eigenvalue weighted by atomic mass is 10.1. The van der Waals surface area contributed by atoms with Gasteiger partial charge >= 0.3 is 0 Å². The van der Waals surface area contributed by atoms with E-state index >= 15 is 0 Å². The number of carbonyl (C=O) groups is 1. The van der Waals surface area contributed by atoms with Crippen LogP contribution in [0.1, 0.15) is 36.2 Å². The van der Waals surface area contributed by atoms with Crippen molar-refractivity contribution in [3.63, 3.8) is 0 Å². The molecule has 10 nitrogen and oxygen atoms in total. The van der Waals surface area contributed by atoms with E-state index in [0.29, 0.717) is 11.3 Å². The minimum Gasteiger partial charge on any atom is -0.389 e. The quantitative estimate of drug-likeness (QED) is 0.447. The smallest absolute Gasteiger partial charge is 0.274 e. The molecule has 0 radical (unpaired) electrons. The van der Waals surface area contributed by atoms with Crippen LogP contribution in [0.3, 0.4) is 0 Å². The number of anilines is 2. The number of fused-ring (bicyclic) bond motifs is 1. The van der Waals surface area contributed by atoms with Gasteiger partial charge in [0.05, 0.1) is 30.2 Å². The van der Waals surface area contributed by atoms with Gasteiger partial charge in [-0.1, -0.05) is 0 Å². The molecule has 0 unspecified atom stereocenters. The summed E-state index contributed by atoms with van der Waals surface area (Å²) in [5.41, 5.74) is 1.03. The topological polar surface area (TPSA) is 122 Å². The number of nitrogens with zero attached hydrogens (tertiary/aromatic N) is 7. The highest BCUT2D eigenvalue weighted by Crippen LogP contribution is 2.30. The lowest BCUT2D eigenvalue weighted by Gasteiger charge is -2.35. The van der Waals surface area contributed by atoms with Gasteiger partial charge < -0.3 is 19.9 Å². The van der Waals surface area contributed by atoms with Crippen molar-refractivity contribution in [3.8, 4) is 11.3 Å². The second kappa shape index (κ2) is 8.62. The molecule has 1 aliphatic rings. The average molecular weight is 480 g/mol. The van der Waals surface area contributed by atoms with Gasteiger partial charge in [0.25, 0.3) is 5.91 Å². The summed E-state index contributed by atoms with van der Waals surface area (Å²) in [6.45, 7) is 6.23. The van der Waals surface area contributed by atoms with Crippen molar-refractivity contribution in [1.29, 1.82) is 0 Å². The average Bonchev–Trinajstić information content (AvgIpc) is 3.15. The molecule has 180 valence electrons. The number of aliphatic hydroxyl groups excluding tert-OH is 1. The van der Waals surface area contributed by atoms with E-state index in [2.05, 4.69) is 30.2 Å². The molecule has 1 fully saturated rings. The van der Waals surface area contributed by atoms with Crippen LogP contribution in [-0.4, -0.2) is 64.6 Å². The van der Waals surface area contributed by atoms with E-state index < -0.39 is 17.7 Å². The van der Waals surface area contributed by atoms with Crippen LogP contribution in [-0.2, 0) is 0 Å². The first kappa shape index (κ1) is 22.7. The maximum atomic E-state index is 14.9. The van der Waals surface area contributed by atoms with E-state index in [9.17, 15) is 18.7 Å². The molecule has 4 aromatic rings. The van der Waals surface area contributed by atoms with Gasteiger partial charge in [-0.25, -0.2) is 33.7 Å².